The van der Waals surface area contributed by atoms with E-state index in [1.165, 1.54) is 12.1 Å². The Morgan fingerprint density at radius 1 is 1.12 bits per heavy atom. The number of hydrogen-bond acceptors (Lipinski definition) is 4. The number of nitrogens with zero attached hydrogens (tertiary/aromatic N) is 2. The minimum absolute atomic E-state index is 0.203. The minimum Gasteiger partial charge on any atom is -0.382 e. The molecule has 0 aliphatic carbocycles. The highest BCUT2D eigenvalue weighted by Crippen LogP contribution is 2.13. The first kappa shape index (κ1) is 16.1. The van der Waals surface area contributed by atoms with Crippen LogP contribution in [0, 0.1) is 5.82 Å². The van der Waals surface area contributed by atoms with E-state index in [9.17, 15) is 4.39 Å². The van der Waals surface area contributed by atoms with E-state index < -0.39 is 0 Å². The van der Waals surface area contributed by atoms with Crippen LogP contribution in [-0.4, -0.2) is 30.8 Å². The number of nitrogens with one attached hydrogen (secondary N) is 1. The van der Waals surface area contributed by atoms with Crippen LogP contribution in [0.4, 0.5) is 10.1 Å². The lowest BCUT2D eigenvalue weighted by Gasteiger charge is -2.24. The van der Waals surface area contributed by atoms with E-state index in [0.717, 1.165) is 54.4 Å². The van der Waals surface area contributed by atoms with Gasteiger partial charge in [-0.15, -0.1) is 0 Å². The first-order valence-corrected chi connectivity index (χ1v) is 8.75. The van der Waals surface area contributed by atoms with Gasteiger partial charge >= 0.3 is 0 Å². The molecular formula is C20H22FN3O. The Hall–Kier alpha value is -2.40. The molecule has 0 amide bonds. The van der Waals surface area contributed by atoms with Crippen molar-refractivity contribution >= 4 is 11.9 Å². The van der Waals surface area contributed by atoms with Crippen molar-refractivity contribution in [3.05, 3.63) is 64.4 Å². The number of rotatable bonds is 4. The zero-order valence-electron chi connectivity index (χ0n) is 14.1. The van der Waals surface area contributed by atoms with Crippen molar-refractivity contribution in [3.63, 3.8) is 0 Å². The van der Waals surface area contributed by atoms with Gasteiger partial charge in [-0.3, -0.25) is 4.99 Å². The first-order chi connectivity index (χ1) is 12.3. The molecule has 1 N–H and O–H groups in total. The molecule has 2 aliphatic heterocycles. The molecule has 2 aromatic carbocycles. The van der Waals surface area contributed by atoms with Gasteiger partial charge in [0.2, 0.25) is 0 Å². The van der Waals surface area contributed by atoms with E-state index in [4.69, 9.17) is 9.73 Å². The Morgan fingerprint density at radius 2 is 1.92 bits per heavy atom. The van der Waals surface area contributed by atoms with E-state index in [0.29, 0.717) is 12.7 Å². The SMILES string of the molecule is Fc1ccc(CN2C=c3ccc(NC4CCOCC4)cc3=NC2)cc1. The zero-order chi connectivity index (χ0) is 17.1. The summed E-state index contributed by atoms with van der Waals surface area (Å²) < 4.78 is 18.4. The molecular weight excluding hydrogens is 317 g/mol. The Kier molecular flexibility index (Phi) is 4.65. The number of ether oxygens (including phenoxy) is 1. The second kappa shape index (κ2) is 7.23. The lowest BCUT2D eigenvalue weighted by atomic mass is 10.1. The lowest BCUT2D eigenvalue weighted by Crippen LogP contribution is -2.36. The molecule has 0 radical (unpaired) electrons. The zero-order valence-corrected chi connectivity index (χ0v) is 14.1. The smallest absolute Gasteiger partial charge is 0.123 e. The average molecular weight is 339 g/mol. The quantitative estimate of drug-likeness (QED) is 0.928. The molecule has 0 bridgehead atoms. The van der Waals surface area contributed by atoms with Gasteiger partial charge in [-0.25, -0.2) is 4.39 Å². The van der Waals surface area contributed by atoms with Crippen LogP contribution >= 0.6 is 0 Å². The van der Waals surface area contributed by atoms with Gasteiger partial charge in [0.1, 0.15) is 12.5 Å². The fourth-order valence-corrected chi connectivity index (χ4v) is 3.28. The van der Waals surface area contributed by atoms with Crippen molar-refractivity contribution < 1.29 is 9.13 Å². The van der Waals surface area contributed by atoms with Crippen LogP contribution in [-0.2, 0) is 11.3 Å². The molecule has 1 fully saturated rings. The van der Waals surface area contributed by atoms with E-state index >= 15 is 0 Å². The molecule has 25 heavy (non-hydrogen) atoms. The third-order valence-electron chi connectivity index (χ3n) is 4.67. The summed E-state index contributed by atoms with van der Waals surface area (Å²) in [6.07, 6.45) is 4.22. The number of hydrogen-bond donors (Lipinski definition) is 1. The van der Waals surface area contributed by atoms with Crippen molar-refractivity contribution in [1.29, 1.82) is 0 Å². The van der Waals surface area contributed by atoms with Gasteiger partial charge in [0, 0.05) is 42.9 Å². The Bertz CT molecular complexity index is 844. The van der Waals surface area contributed by atoms with E-state index in [1.807, 2.05) is 12.1 Å². The molecule has 0 saturated carbocycles. The summed E-state index contributed by atoms with van der Waals surface area (Å²) in [6, 6.07) is 13.5. The standard InChI is InChI=1S/C20H22FN3O/c21-17-4-1-15(2-5-17)12-24-13-16-3-6-19(11-20(16)22-14-24)23-18-7-9-25-10-8-18/h1-6,11,13,18,23H,7-10,12,14H2. The number of benzene rings is 2. The predicted octanol–water partition coefficient (Wildman–Crippen LogP) is 2.25. The molecule has 0 spiro atoms. The fourth-order valence-electron chi connectivity index (χ4n) is 3.28. The summed E-state index contributed by atoms with van der Waals surface area (Å²) in [5.41, 5.74) is 2.20. The molecule has 4 nitrogen and oxygen atoms in total. The molecule has 0 unspecified atom stereocenters. The summed E-state index contributed by atoms with van der Waals surface area (Å²) in [7, 11) is 0. The molecule has 2 aliphatic rings. The van der Waals surface area contributed by atoms with Gasteiger partial charge in [-0.1, -0.05) is 12.1 Å². The van der Waals surface area contributed by atoms with Gasteiger partial charge in [0.15, 0.2) is 0 Å². The summed E-state index contributed by atoms with van der Waals surface area (Å²) in [5.74, 6) is -0.203. The topological polar surface area (TPSA) is 36.9 Å². The second-order valence-corrected chi connectivity index (χ2v) is 6.61. The van der Waals surface area contributed by atoms with Gasteiger partial charge in [-0.05, 0) is 48.7 Å². The summed E-state index contributed by atoms with van der Waals surface area (Å²) in [6.45, 7) is 3.01. The highest BCUT2D eigenvalue weighted by Gasteiger charge is 2.13. The Morgan fingerprint density at radius 3 is 2.72 bits per heavy atom. The van der Waals surface area contributed by atoms with Crippen molar-refractivity contribution in [2.75, 3.05) is 25.2 Å². The molecule has 2 aromatic rings. The molecule has 5 heteroatoms. The van der Waals surface area contributed by atoms with Crippen molar-refractivity contribution in [3.8, 4) is 0 Å². The van der Waals surface area contributed by atoms with Gasteiger partial charge < -0.3 is 15.0 Å². The molecule has 130 valence electrons. The van der Waals surface area contributed by atoms with Crippen LogP contribution in [0.1, 0.15) is 18.4 Å². The maximum absolute atomic E-state index is 13.0. The maximum Gasteiger partial charge on any atom is 0.123 e. The van der Waals surface area contributed by atoms with Crippen LogP contribution in [0.3, 0.4) is 0 Å². The number of halogens is 1. The van der Waals surface area contributed by atoms with Crippen molar-refractivity contribution in [2.45, 2.75) is 25.4 Å². The maximum atomic E-state index is 13.0. The van der Waals surface area contributed by atoms with Crippen LogP contribution in [0.5, 0.6) is 0 Å². The third-order valence-corrected chi connectivity index (χ3v) is 4.67. The van der Waals surface area contributed by atoms with E-state index in [2.05, 4.69) is 34.6 Å². The summed E-state index contributed by atoms with van der Waals surface area (Å²) in [5, 5.41) is 5.72. The number of anilines is 1. The van der Waals surface area contributed by atoms with Crippen molar-refractivity contribution in [1.82, 2.24) is 4.90 Å². The van der Waals surface area contributed by atoms with Crippen LogP contribution in [0.25, 0.3) is 6.20 Å². The van der Waals surface area contributed by atoms with Crippen molar-refractivity contribution in [2.24, 2.45) is 4.99 Å². The normalized spacial score (nSPS) is 17.4. The second-order valence-electron chi connectivity index (χ2n) is 6.61. The fraction of sp³-hybridized carbons (Fsp3) is 0.350. The predicted molar refractivity (Wildman–Crippen MR) is 96.0 cm³/mol. The molecule has 2 heterocycles. The Balaban J connectivity index is 1.47. The Labute approximate surface area is 146 Å². The highest BCUT2D eigenvalue weighted by molar-refractivity contribution is 5.45. The largest absolute Gasteiger partial charge is 0.382 e. The average Bonchev–Trinajstić information content (AvgIpc) is 2.65. The first-order valence-electron chi connectivity index (χ1n) is 8.75. The van der Waals surface area contributed by atoms with E-state index in [1.54, 1.807) is 0 Å². The third kappa shape index (κ3) is 3.99. The summed E-state index contributed by atoms with van der Waals surface area (Å²) >= 11 is 0. The van der Waals surface area contributed by atoms with Gasteiger partial charge in [0.05, 0.1) is 5.36 Å². The van der Waals surface area contributed by atoms with Crippen LogP contribution < -0.4 is 15.9 Å². The number of fused-ring (bicyclic) bond motifs is 1. The van der Waals surface area contributed by atoms with Crippen LogP contribution in [0.2, 0.25) is 0 Å². The highest BCUT2D eigenvalue weighted by atomic mass is 19.1. The lowest BCUT2D eigenvalue weighted by molar-refractivity contribution is 0.0904. The minimum atomic E-state index is -0.203. The summed E-state index contributed by atoms with van der Waals surface area (Å²) in [4.78, 5) is 6.84. The molecule has 0 aromatic heterocycles. The molecule has 0 atom stereocenters. The monoisotopic (exact) mass is 339 g/mol. The van der Waals surface area contributed by atoms with E-state index in [-0.39, 0.29) is 5.82 Å². The molecule has 1 saturated heterocycles. The van der Waals surface area contributed by atoms with Crippen LogP contribution in [0.15, 0.2) is 47.5 Å². The van der Waals surface area contributed by atoms with Gasteiger partial charge in [0.25, 0.3) is 0 Å². The molecule has 4 rings (SSSR count). The van der Waals surface area contributed by atoms with Gasteiger partial charge in [-0.2, -0.15) is 0 Å².